The van der Waals surface area contributed by atoms with Gasteiger partial charge in [-0.1, -0.05) is 121 Å². The van der Waals surface area contributed by atoms with Crippen molar-refractivity contribution in [3.8, 4) is 22.3 Å². The Balaban J connectivity index is 1.06. The Morgan fingerprint density at radius 2 is 0.741 bits per heavy atom. The van der Waals surface area contributed by atoms with Crippen LogP contribution in [0.3, 0.4) is 0 Å². The summed E-state index contributed by atoms with van der Waals surface area (Å²) in [5, 5.41) is 3.52. The van der Waals surface area contributed by atoms with Gasteiger partial charge in [0, 0.05) is 55.0 Å². The van der Waals surface area contributed by atoms with Crippen molar-refractivity contribution in [3.63, 3.8) is 0 Å². The third-order valence-electron chi connectivity index (χ3n) is 10.0. The number of benzene rings is 8. The lowest BCUT2D eigenvalue weighted by atomic mass is 9.99. The molecule has 10 aromatic rings. The summed E-state index contributed by atoms with van der Waals surface area (Å²) in [7, 11) is 0. The summed E-state index contributed by atoms with van der Waals surface area (Å²) in [5.41, 5.74) is 12.2. The smallest absolute Gasteiger partial charge is 0.190 e. The lowest BCUT2D eigenvalue weighted by Gasteiger charge is -2.26. The Bertz CT molecular complexity index is 2610. The molecular weight excluding hydrogens is 677 g/mol. The van der Waals surface area contributed by atoms with Gasteiger partial charge in [-0.25, -0.2) is 0 Å². The van der Waals surface area contributed by atoms with Crippen LogP contribution in [-0.4, -0.2) is 0 Å². The summed E-state index contributed by atoms with van der Waals surface area (Å²) in [6.45, 7) is 0. The van der Waals surface area contributed by atoms with E-state index >= 15 is 0 Å². The molecule has 2 aromatic heterocycles. The number of anilines is 6. The van der Waals surface area contributed by atoms with Crippen molar-refractivity contribution in [2.75, 3.05) is 9.80 Å². The second kappa shape index (κ2) is 13.6. The molecule has 0 N–H and O–H groups in total. The minimum atomic E-state index is 0.905. The summed E-state index contributed by atoms with van der Waals surface area (Å²) >= 11 is 1.72. The SMILES string of the molecule is c1ccc(N(c2ccccc2)c2cccc(-c3ccc4oc5sc6ccc(-c7cccc(N(c8ccccc8)c8ccccc8)c7)cc6c5c4c3)c2)cc1. The van der Waals surface area contributed by atoms with E-state index in [1.807, 2.05) is 0 Å². The van der Waals surface area contributed by atoms with E-state index in [9.17, 15) is 0 Å². The molecule has 0 aliphatic carbocycles. The zero-order valence-corrected chi connectivity index (χ0v) is 30.2. The molecule has 0 fully saturated rings. The number of nitrogens with zero attached hydrogens (tertiary/aromatic N) is 2. The Morgan fingerprint density at radius 1 is 0.333 bits per heavy atom. The predicted molar refractivity (Wildman–Crippen MR) is 229 cm³/mol. The highest BCUT2D eigenvalue weighted by Crippen LogP contribution is 2.44. The molecule has 0 saturated heterocycles. The van der Waals surface area contributed by atoms with Crippen molar-refractivity contribution < 1.29 is 4.42 Å². The van der Waals surface area contributed by atoms with Crippen LogP contribution in [0.25, 0.3) is 53.6 Å². The molecule has 0 saturated carbocycles. The van der Waals surface area contributed by atoms with E-state index in [2.05, 4.69) is 216 Å². The highest BCUT2D eigenvalue weighted by Gasteiger charge is 2.18. The first kappa shape index (κ1) is 31.8. The van der Waals surface area contributed by atoms with Crippen LogP contribution in [0.1, 0.15) is 0 Å². The number of rotatable bonds is 8. The lowest BCUT2D eigenvalue weighted by Crippen LogP contribution is -2.09. The highest BCUT2D eigenvalue weighted by atomic mass is 32.1. The largest absolute Gasteiger partial charge is 0.445 e. The van der Waals surface area contributed by atoms with E-state index in [0.29, 0.717) is 0 Å². The summed E-state index contributed by atoms with van der Waals surface area (Å²) < 4.78 is 7.72. The fourth-order valence-corrected chi connectivity index (χ4v) is 8.59. The second-order valence-corrected chi connectivity index (χ2v) is 14.4. The van der Waals surface area contributed by atoms with Gasteiger partial charge in [-0.05, 0) is 119 Å². The van der Waals surface area contributed by atoms with Gasteiger partial charge in [0.1, 0.15) is 5.58 Å². The lowest BCUT2D eigenvalue weighted by molar-refractivity contribution is 0.678. The van der Waals surface area contributed by atoms with E-state index in [1.54, 1.807) is 11.3 Å². The van der Waals surface area contributed by atoms with E-state index in [0.717, 1.165) is 66.7 Å². The van der Waals surface area contributed by atoms with Crippen molar-refractivity contribution in [3.05, 3.63) is 206 Å². The number of furan rings is 1. The van der Waals surface area contributed by atoms with E-state index in [-0.39, 0.29) is 0 Å². The van der Waals surface area contributed by atoms with Crippen LogP contribution in [0.4, 0.5) is 34.1 Å². The summed E-state index contributed by atoms with van der Waals surface area (Å²) in [6.07, 6.45) is 0. The number of hydrogen-bond donors (Lipinski definition) is 0. The van der Waals surface area contributed by atoms with Crippen LogP contribution >= 0.6 is 11.3 Å². The van der Waals surface area contributed by atoms with Gasteiger partial charge in [-0.3, -0.25) is 0 Å². The van der Waals surface area contributed by atoms with Crippen molar-refractivity contribution in [2.45, 2.75) is 0 Å². The van der Waals surface area contributed by atoms with E-state index < -0.39 is 0 Å². The molecule has 0 aliphatic rings. The Morgan fingerprint density at radius 3 is 1.22 bits per heavy atom. The third kappa shape index (κ3) is 5.79. The zero-order valence-electron chi connectivity index (χ0n) is 29.3. The molecule has 0 bridgehead atoms. The van der Waals surface area contributed by atoms with Gasteiger partial charge in [-0.2, -0.15) is 0 Å². The third-order valence-corrected chi connectivity index (χ3v) is 11.1. The Labute approximate surface area is 318 Å². The van der Waals surface area contributed by atoms with E-state index in [4.69, 9.17) is 4.42 Å². The number of thiophene rings is 1. The average Bonchev–Trinajstić information content (AvgIpc) is 3.78. The molecule has 8 aromatic carbocycles. The molecule has 0 unspecified atom stereocenters. The Kier molecular flexibility index (Phi) is 8.01. The second-order valence-electron chi connectivity index (χ2n) is 13.4. The van der Waals surface area contributed by atoms with E-state index in [1.165, 1.54) is 21.0 Å². The van der Waals surface area contributed by atoms with Gasteiger partial charge in [0.25, 0.3) is 0 Å². The molecule has 0 radical (unpaired) electrons. The fourth-order valence-electron chi connectivity index (χ4n) is 7.53. The normalized spacial score (nSPS) is 11.3. The van der Waals surface area contributed by atoms with Gasteiger partial charge in [0.05, 0.1) is 0 Å². The predicted octanol–water partition coefficient (Wildman–Crippen LogP) is 15.1. The standard InChI is InChI=1S/C50H34N2OS/c1-5-17-39(18-6-1)51(40-19-7-2-8-20-40)43-25-13-15-35(31-43)37-27-29-47-45(33-37)49-46-34-38(28-30-48(46)54-50(49)53-47)36-16-14-26-44(32-36)52(41-21-9-3-10-22-41)42-23-11-4-12-24-42/h1-34H. The molecule has 256 valence electrons. The summed E-state index contributed by atoms with van der Waals surface area (Å²) in [5.74, 6) is 0. The monoisotopic (exact) mass is 710 g/mol. The minimum absolute atomic E-state index is 0.905. The molecule has 0 atom stereocenters. The van der Waals surface area contributed by atoms with Crippen molar-refractivity contribution in [2.24, 2.45) is 0 Å². The highest BCUT2D eigenvalue weighted by molar-refractivity contribution is 7.25. The van der Waals surface area contributed by atoms with Crippen LogP contribution in [0.2, 0.25) is 0 Å². The van der Waals surface area contributed by atoms with Gasteiger partial charge in [0.15, 0.2) is 4.90 Å². The molecule has 4 heteroatoms. The summed E-state index contributed by atoms with van der Waals surface area (Å²) in [6, 6.07) is 73.2. The Hall–Kier alpha value is -6.88. The van der Waals surface area contributed by atoms with Crippen LogP contribution < -0.4 is 9.80 Å². The van der Waals surface area contributed by atoms with Gasteiger partial charge >= 0.3 is 0 Å². The molecule has 3 nitrogen and oxygen atoms in total. The van der Waals surface area contributed by atoms with Gasteiger partial charge < -0.3 is 14.2 Å². The number of hydrogen-bond acceptors (Lipinski definition) is 4. The first-order valence-electron chi connectivity index (χ1n) is 18.2. The zero-order chi connectivity index (χ0) is 35.8. The van der Waals surface area contributed by atoms with Gasteiger partial charge in [0.2, 0.25) is 0 Å². The maximum Gasteiger partial charge on any atom is 0.190 e. The van der Waals surface area contributed by atoms with Crippen LogP contribution in [-0.2, 0) is 0 Å². The molecule has 0 amide bonds. The molecule has 2 heterocycles. The minimum Gasteiger partial charge on any atom is -0.445 e. The van der Waals surface area contributed by atoms with Crippen molar-refractivity contribution >= 4 is 76.8 Å². The first-order valence-corrected chi connectivity index (χ1v) is 19.0. The quantitative estimate of drug-likeness (QED) is 0.157. The van der Waals surface area contributed by atoms with Crippen molar-refractivity contribution in [1.82, 2.24) is 0 Å². The number of para-hydroxylation sites is 4. The van der Waals surface area contributed by atoms with Crippen LogP contribution in [0.5, 0.6) is 0 Å². The maximum absolute atomic E-state index is 6.50. The molecule has 0 aliphatic heterocycles. The molecule has 54 heavy (non-hydrogen) atoms. The number of fused-ring (bicyclic) bond motifs is 5. The molecule has 10 rings (SSSR count). The first-order chi connectivity index (χ1) is 26.8. The van der Waals surface area contributed by atoms with Crippen molar-refractivity contribution in [1.29, 1.82) is 0 Å². The molecule has 0 spiro atoms. The van der Waals surface area contributed by atoms with Gasteiger partial charge in [-0.15, -0.1) is 0 Å². The van der Waals surface area contributed by atoms with Crippen LogP contribution in [0.15, 0.2) is 211 Å². The van der Waals surface area contributed by atoms with Crippen LogP contribution in [0, 0.1) is 0 Å². The summed E-state index contributed by atoms with van der Waals surface area (Å²) in [4.78, 5) is 5.57. The topological polar surface area (TPSA) is 19.6 Å². The maximum atomic E-state index is 6.50. The average molecular weight is 711 g/mol. The fraction of sp³-hybridized carbons (Fsp3) is 0. The molecular formula is C50H34N2OS.